The van der Waals surface area contributed by atoms with E-state index in [0.717, 1.165) is 6.07 Å². The van der Waals surface area contributed by atoms with Crippen LogP contribution in [0.4, 0.5) is 0 Å². The number of aryl methyl sites for hydroxylation is 1. The predicted molar refractivity (Wildman–Crippen MR) is 51.5 cm³/mol. The highest BCUT2D eigenvalue weighted by Crippen LogP contribution is 2.37. The average molecular weight is 231 g/mol. The van der Waals surface area contributed by atoms with Crippen molar-refractivity contribution >= 4 is 23.4 Å². The fraction of sp³-hybridized carbons (Fsp3) is 0.111. The Kier molecular flexibility index (Phi) is 2.85. The Bertz CT molecular complexity index is 452. The first kappa shape index (κ1) is 11.3. The quantitative estimate of drug-likeness (QED) is 0.405. The van der Waals surface area contributed by atoms with E-state index in [4.69, 9.17) is 21.8 Å². The van der Waals surface area contributed by atoms with E-state index >= 15 is 0 Å². The van der Waals surface area contributed by atoms with Crippen LogP contribution in [0.15, 0.2) is 6.07 Å². The van der Waals surface area contributed by atoms with Gasteiger partial charge in [-0.15, -0.1) is 0 Å². The van der Waals surface area contributed by atoms with Gasteiger partial charge in [-0.05, 0) is 18.6 Å². The number of hydrogen-bond acceptors (Lipinski definition) is 4. The van der Waals surface area contributed by atoms with E-state index in [0.29, 0.717) is 0 Å². The molecule has 80 valence electrons. The molecule has 0 aliphatic carbocycles. The molecule has 0 aliphatic heterocycles. The molecule has 1 aromatic carbocycles. The lowest BCUT2D eigenvalue weighted by molar-refractivity contribution is -0.131. The van der Waals surface area contributed by atoms with Gasteiger partial charge in [-0.2, -0.15) is 0 Å². The van der Waals surface area contributed by atoms with Crippen LogP contribution in [0, 0.1) is 6.92 Å². The number of carbonyl (C=O) groups is 2. The Morgan fingerprint density at radius 2 is 1.87 bits per heavy atom. The topological polar surface area (TPSA) is 94.8 Å². The van der Waals surface area contributed by atoms with Crippen LogP contribution in [0.2, 0.25) is 5.02 Å². The lowest BCUT2D eigenvalue weighted by Crippen LogP contribution is -2.14. The van der Waals surface area contributed by atoms with Crippen molar-refractivity contribution in [2.45, 2.75) is 6.92 Å². The van der Waals surface area contributed by atoms with Crippen molar-refractivity contribution in [1.82, 2.24) is 0 Å². The Morgan fingerprint density at radius 3 is 2.33 bits per heavy atom. The number of Topliss-reactive ketones (excluding diaryl/α,β-unsaturated/α-hetero) is 1. The molecule has 0 saturated carbocycles. The number of halogens is 1. The first-order valence-electron chi connectivity index (χ1n) is 3.85. The Hall–Kier alpha value is -1.75. The minimum absolute atomic E-state index is 0.183. The summed E-state index contributed by atoms with van der Waals surface area (Å²) in [5.74, 6) is -4.11. The average Bonchev–Trinajstić information content (AvgIpc) is 2.14. The van der Waals surface area contributed by atoms with Gasteiger partial charge in [-0.1, -0.05) is 11.6 Å². The van der Waals surface area contributed by atoms with Gasteiger partial charge >= 0.3 is 5.97 Å². The highest BCUT2D eigenvalue weighted by Gasteiger charge is 2.24. The molecule has 0 saturated heterocycles. The van der Waals surface area contributed by atoms with Crippen LogP contribution in [0.25, 0.3) is 0 Å². The number of phenolic OH excluding ortho intramolecular Hbond substituents is 2. The second kappa shape index (κ2) is 3.78. The molecule has 15 heavy (non-hydrogen) atoms. The van der Waals surface area contributed by atoms with Crippen molar-refractivity contribution < 1.29 is 24.9 Å². The number of carboxylic acids is 1. The zero-order chi connectivity index (χ0) is 11.7. The molecular formula is C9H7ClO5. The fourth-order valence-corrected chi connectivity index (χ4v) is 1.47. The Labute approximate surface area is 89.5 Å². The van der Waals surface area contributed by atoms with Crippen molar-refractivity contribution in [2.75, 3.05) is 0 Å². The number of carboxylic acid groups (broad SMARTS) is 1. The maximum atomic E-state index is 11.2. The van der Waals surface area contributed by atoms with Gasteiger partial charge in [-0.25, -0.2) is 4.79 Å². The zero-order valence-electron chi connectivity index (χ0n) is 7.61. The Balaban J connectivity index is 3.49. The molecule has 1 aromatic rings. The number of phenols is 2. The first-order chi connectivity index (χ1) is 6.86. The lowest BCUT2D eigenvalue weighted by atomic mass is 10.0. The standard InChI is InChI=1S/C9H7ClO5/c1-3-2-4(11)7(12)6(10)5(3)8(13)9(14)15/h2,11-12H,1H3,(H,14,15). The summed E-state index contributed by atoms with van der Waals surface area (Å²) in [6.07, 6.45) is 0. The minimum Gasteiger partial charge on any atom is -0.504 e. The van der Waals surface area contributed by atoms with Crippen LogP contribution in [0.3, 0.4) is 0 Å². The summed E-state index contributed by atoms with van der Waals surface area (Å²) >= 11 is 5.55. The van der Waals surface area contributed by atoms with E-state index in [-0.39, 0.29) is 11.1 Å². The van der Waals surface area contributed by atoms with E-state index in [1.54, 1.807) is 0 Å². The maximum Gasteiger partial charge on any atom is 0.377 e. The molecular weight excluding hydrogens is 224 g/mol. The number of aliphatic carboxylic acids is 1. The van der Waals surface area contributed by atoms with E-state index in [9.17, 15) is 14.7 Å². The van der Waals surface area contributed by atoms with E-state index < -0.39 is 28.3 Å². The van der Waals surface area contributed by atoms with Crippen LogP contribution in [0.1, 0.15) is 15.9 Å². The van der Waals surface area contributed by atoms with Gasteiger partial charge < -0.3 is 15.3 Å². The van der Waals surface area contributed by atoms with Gasteiger partial charge in [0.25, 0.3) is 5.78 Å². The second-order valence-electron chi connectivity index (χ2n) is 2.88. The van der Waals surface area contributed by atoms with Gasteiger partial charge in [0.05, 0.1) is 10.6 Å². The van der Waals surface area contributed by atoms with E-state index in [1.807, 2.05) is 0 Å². The Morgan fingerprint density at radius 1 is 1.33 bits per heavy atom. The number of hydrogen-bond donors (Lipinski definition) is 3. The molecule has 5 nitrogen and oxygen atoms in total. The van der Waals surface area contributed by atoms with Crippen LogP contribution in [-0.2, 0) is 4.79 Å². The molecule has 0 radical (unpaired) electrons. The van der Waals surface area contributed by atoms with E-state index in [1.165, 1.54) is 6.92 Å². The molecule has 1 rings (SSSR count). The molecule has 0 fully saturated rings. The zero-order valence-corrected chi connectivity index (χ0v) is 8.37. The van der Waals surface area contributed by atoms with Crippen LogP contribution >= 0.6 is 11.6 Å². The van der Waals surface area contributed by atoms with Gasteiger partial charge in [0.1, 0.15) is 0 Å². The number of carbonyl (C=O) groups excluding carboxylic acids is 1. The third kappa shape index (κ3) is 1.87. The van der Waals surface area contributed by atoms with Crippen LogP contribution in [-0.4, -0.2) is 27.1 Å². The smallest absolute Gasteiger partial charge is 0.377 e. The normalized spacial score (nSPS) is 10.0. The highest BCUT2D eigenvalue weighted by molar-refractivity contribution is 6.46. The van der Waals surface area contributed by atoms with Crippen LogP contribution < -0.4 is 0 Å². The van der Waals surface area contributed by atoms with Crippen molar-refractivity contribution in [3.63, 3.8) is 0 Å². The third-order valence-electron chi connectivity index (χ3n) is 1.84. The summed E-state index contributed by atoms with van der Waals surface area (Å²) in [7, 11) is 0. The maximum absolute atomic E-state index is 11.2. The largest absolute Gasteiger partial charge is 0.504 e. The van der Waals surface area contributed by atoms with Crippen LogP contribution in [0.5, 0.6) is 11.5 Å². The van der Waals surface area contributed by atoms with Gasteiger partial charge in [-0.3, -0.25) is 4.79 Å². The lowest BCUT2D eigenvalue weighted by Gasteiger charge is -2.08. The highest BCUT2D eigenvalue weighted by atomic mass is 35.5. The molecule has 0 spiro atoms. The molecule has 0 amide bonds. The molecule has 0 heterocycles. The molecule has 6 heteroatoms. The second-order valence-corrected chi connectivity index (χ2v) is 3.26. The van der Waals surface area contributed by atoms with Crippen molar-refractivity contribution in [2.24, 2.45) is 0 Å². The van der Waals surface area contributed by atoms with Gasteiger partial charge in [0, 0.05) is 0 Å². The number of rotatable bonds is 2. The summed E-state index contributed by atoms with van der Waals surface area (Å²) in [6.45, 7) is 1.40. The predicted octanol–water partition coefficient (Wildman–Crippen LogP) is 1.33. The number of ketones is 1. The van der Waals surface area contributed by atoms with Gasteiger partial charge in [0.2, 0.25) is 0 Å². The third-order valence-corrected chi connectivity index (χ3v) is 2.21. The summed E-state index contributed by atoms with van der Waals surface area (Å²) in [5.41, 5.74) is -0.137. The summed E-state index contributed by atoms with van der Waals surface area (Å²) in [6, 6.07) is 1.07. The molecule has 0 atom stereocenters. The van der Waals surface area contributed by atoms with E-state index in [2.05, 4.69) is 0 Å². The van der Waals surface area contributed by atoms with Crippen molar-refractivity contribution in [1.29, 1.82) is 0 Å². The molecule has 0 unspecified atom stereocenters. The number of aromatic hydroxyl groups is 2. The van der Waals surface area contributed by atoms with Gasteiger partial charge in [0.15, 0.2) is 11.5 Å². The molecule has 0 aliphatic rings. The summed E-state index contributed by atoms with van der Waals surface area (Å²) < 4.78 is 0. The summed E-state index contributed by atoms with van der Waals surface area (Å²) in [5, 5.41) is 26.4. The summed E-state index contributed by atoms with van der Waals surface area (Å²) in [4.78, 5) is 21.6. The minimum atomic E-state index is -1.68. The number of benzene rings is 1. The monoisotopic (exact) mass is 230 g/mol. The first-order valence-corrected chi connectivity index (χ1v) is 4.22. The molecule has 0 aromatic heterocycles. The SMILES string of the molecule is Cc1cc(O)c(O)c(Cl)c1C(=O)C(=O)O. The molecule has 3 N–H and O–H groups in total. The van der Waals surface area contributed by atoms with Crippen molar-refractivity contribution in [3.05, 3.63) is 22.2 Å². The van der Waals surface area contributed by atoms with Crippen molar-refractivity contribution in [3.8, 4) is 11.5 Å². The fourth-order valence-electron chi connectivity index (χ4n) is 1.14. The molecule has 0 bridgehead atoms.